The lowest BCUT2D eigenvalue weighted by Gasteiger charge is -2.37. The monoisotopic (exact) mass is 460 g/mol. The van der Waals surface area contributed by atoms with Gasteiger partial charge >= 0.3 is 0 Å². The van der Waals surface area contributed by atoms with Gasteiger partial charge in [-0.15, -0.1) is 10.2 Å². The van der Waals surface area contributed by atoms with Crippen molar-refractivity contribution >= 4 is 27.5 Å². The quantitative estimate of drug-likeness (QED) is 0.533. The molecule has 0 spiro atoms. The van der Waals surface area contributed by atoms with Crippen LogP contribution < -0.4 is 0 Å². The second-order valence-electron chi connectivity index (χ2n) is 6.99. The predicted molar refractivity (Wildman–Crippen MR) is 114 cm³/mol. The Bertz CT molecular complexity index is 939. The van der Waals surface area contributed by atoms with Crippen molar-refractivity contribution in [3.63, 3.8) is 0 Å². The van der Waals surface area contributed by atoms with E-state index in [4.69, 9.17) is 16.0 Å². The molecule has 5 nitrogen and oxygen atoms in total. The molecule has 0 amide bonds. The van der Waals surface area contributed by atoms with Crippen molar-refractivity contribution in [3.05, 3.63) is 69.5 Å². The fourth-order valence-electron chi connectivity index (χ4n) is 3.57. The summed E-state index contributed by atoms with van der Waals surface area (Å²) in [7, 11) is 0. The van der Waals surface area contributed by atoms with E-state index in [1.54, 1.807) is 0 Å². The van der Waals surface area contributed by atoms with Gasteiger partial charge in [0.05, 0.1) is 12.1 Å². The summed E-state index contributed by atoms with van der Waals surface area (Å²) in [6.07, 6.45) is 0. The third-order valence-electron chi connectivity index (χ3n) is 5.24. The van der Waals surface area contributed by atoms with Crippen molar-refractivity contribution in [1.82, 2.24) is 20.0 Å². The summed E-state index contributed by atoms with van der Waals surface area (Å²) in [5, 5.41) is 9.27. The van der Waals surface area contributed by atoms with Crippen LogP contribution in [-0.2, 0) is 6.54 Å². The minimum Gasteiger partial charge on any atom is -0.419 e. The Balaban J connectivity index is 1.35. The molecule has 1 unspecified atom stereocenters. The maximum absolute atomic E-state index is 6.37. The summed E-state index contributed by atoms with van der Waals surface area (Å²) in [4.78, 5) is 4.82. The van der Waals surface area contributed by atoms with E-state index in [-0.39, 0.29) is 0 Å². The van der Waals surface area contributed by atoms with E-state index in [1.165, 1.54) is 5.56 Å². The highest BCUT2D eigenvalue weighted by atomic mass is 79.9. The van der Waals surface area contributed by atoms with Crippen LogP contribution in [0.5, 0.6) is 0 Å². The molecular formula is C21H22BrClN4O. The van der Waals surface area contributed by atoms with Crippen molar-refractivity contribution in [1.29, 1.82) is 0 Å². The maximum atomic E-state index is 6.37. The Hall–Kier alpha value is -1.73. The van der Waals surface area contributed by atoms with Gasteiger partial charge in [-0.25, -0.2) is 0 Å². The van der Waals surface area contributed by atoms with Crippen molar-refractivity contribution in [3.8, 4) is 11.5 Å². The molecule has 3 aromatic rings. The van der Waals surface area contributed by atoms with Crippen molar-refractivity contribution in [2.45, 2.75) is 19.5 Å². The van der Waals surface area contributed by atoms with Crippen LogP contribution in [0.15, 0.2) is 57.4 Å². The molecule has 0 bridgehead atoms. The van der Waals surface area contributed by atoms with Gasteiger partial charge in [0.15, 0.2) is 0 Å². The predicted octanol–water partition coefficient (Wildman–Crippen LogP) is 5.03. The summed E-state index contributed by atoms with van der Waals surface area (Å²) in [5.74, 6) is 1.20. The lowest BCUT2D eigenvalue weighted by Crippen LogP contribution is -2.46. The molecule has 1 aliphatic rings. The van der Waals surface area contributed by atoms with E-state index in [1.807, 2.05) is 42.5 Å². The molecule has 2 aromatic carbocycles. The lowest BCUT2D eigenvalue weighted by atomic mass is 10.1. The summed E-state index contributed by atoms with van der Waals surface area (Å²) in [5.41, 5.74) is 2.10. The molecule has 0 N–H and O–H groups in total. The largest absolute Gasteiger partial charge is 0.419 e. The molecular weight excluding hydrogens is 440 g/mol. The second kappa shape index (κ2) is 8.74. The molecule has 0 saturated carbocycles. The molecule has 7 heteroatoms. The number of piperazine rings is 1. The zero-order valence-electron chi connectivity index (χ0n) is 15.7. The van der Waals surface area contributed by atoms with Crippen molar-refractivity contribution in [2.75, 3.05) is 26.2 Å². The van der Waals surface area contributed by atoms with Crippen LogP contribution in [0.1, 0.15) is 24.4 Å². The van der Waals surface area contributed by atoms with Crippen molar-refractivity contribution < 1.29 is 4.42 Å². The van der Waals surface area contributed by atoms with Crippen LogP contribution in [0, 0.1) is 0 Å². The molecule has 28 heavy (non-hydrogen) atoms. The molecule has 0 radical (unpaired) electrons. The first-order valence-electron chi connectivity index (χ1n) is 9.40. The Morgan fingerprint density at radius 3 is 2.50 bits per heavy atom. The van der Waals surface area contributed by atoms with E-state index in [2.05, 4.69) is 48.9 Å². The smallest absolute Gasteiger partial charge is 0.248 e. The van der Waals surface area contributed by atoms with Crippen LogP contribution in [-0.4, -0.2) is 46.2 Å². The fourth-order valence-corrected chi connectivity index (χ4v) is 4.32. The van der Waals surface area contributed by atoms with E-state index in [0.717, 1.165) is 41.2 Å². The van der Waals surface area contributed by atoms with Crippen LogP contribution in [0.25, 0.3) is 11.5 Å². The number of hydrogen-bond donors (Lipinski definition) is 0. The zero-order chi connectivity index (χ0) is 19.5. The molecule has 2 heterocycles. The maximum Gasteiger partial charge on any atom is 0.248 e. The normalized spacial score (nSPS) is 17.0. The first kappa shape index (κ1) is 19.6. The van der Waals surface area contributed by atoms with Crippen LogP contribution in [0.2, 0.25) is 5.02 Å². The Morgan fingerprint density at radius 1 is 1.04 bits per heavy atom. The number of benzene rings is 2. The first-order valence-corrected chi connectivity index (χ1v) is 10.6. The highest BCUT2D eigenvalue weighted by Crippen LogP contribution is 2.29. The van der Waals surface area contributed by atoms with E-state index in [9.17, 15) is 0 Å². The first-order chi connectivity index (χ1) is 13.6. The van der Waals surface area contributed by atoms with Gasteiger partial charge in [-0.3, -0.25) is 9.80 Å². The molecule has 1 saturated heterocycles. The average molecular weight is 462 g/mol. The number of rotatable bonds is 5. The summed E-state index contributed by atoms with van der Waals surface area (Å²) in [6, 6.07) is 16.3. The van der Waals surface area contributed by atoms with Crippen LogP contribution >= 0.6 is 27.5 Å². The molecule has 1 aliphatic heterocycles. The number of halogens is 2. The Labute approximate surface area is 178 Å². The van der Waals surface area contributed by atoms with Gasteiger partial charge in [-0.1, -0.05) is 41.9 Å². The molecule has 0 aliphatic carbocycles. The topological polar surface area (TPSA) is 45.4 Å². The van der Waals surface area contributed by atoms with Gasteiger partial charge in [0, 0.05) is 41.7 Å². The number of aromatic nitrogens is 2. The SMILES string of the molecule is CC(c1ccccc1Cl)N1CCN(Cc2nnc(-c3ccccc3Br)o2)CC1. The Kier molecular flexibility index (Phi) is 6.11. The zero-order valence-corrected chi connectivity index (χ0v) is 18.0. The van der Waals surface area contributed by atoms with E-state index >= 15 is 0 Å². The van der Waals surface area contributed by atoms with Gasteiger partial charge in [-0.2, -0.15) is 0 Å². The molecule has 146 valence electrons. The lowest BCUT2D eigenvalue weighted by molar-refractivity contribution is 0.0923. The summed E-state index contributed by atoms with van der Waals surface area (Å²) in [6.45, 7) is 6.78. The van der Waals surface area contributed by atoms with Crippen LogP contribution in [0.3, 0.4) is 0 Å². The Morgan fingerprint density at radius 2 is 1.75 bits per heavy atom. The minimum atomic E-state index is 0.307. The average Bonchev–Trinajstić information content (AvgIpc) is 3.17. The van der Waals surface area contributed by atoms with Crippen LogP contribution in [0.4, 0.5) is 0 Å². The highest BCUT2D eigenvalue weighted by Gasteiger charge is 2.24. The second-order valence-corrected chi connectivity index (χ2v) is 8.25. The summed E-state index contributed by atoms with van der Waals surface area (Å²) >= 11 is 9.90. The van der Waals surface area contributed by atoms with Crippen molar-refractivity contribution in [2.24, 2.45) is 0 Å². The molecule has 1 fully saturated rings. The van der Waals surface area contributed by atoms with E-state index < -0.39 is 0 Å². The third-order valence-corrected chi connectivity index (χ3v) is 6.28. The van der Waals surface area contributed by atoms with Gasteiger partial charge in [-0.05, 0) is 46.6 Å². The minimum absolute atomic E-state index is 0.307. The van der Waals surface area contributed by atoms with Gasteiger partial charge in [0.2, 0.25) is 11.8 Å². The summed E-state index contributed by atoms with van der Waals surface area (Å²) < 4.78 is 6.84. The van der Waals surface area contributed by atoms with Gasteiger partial charge in [0.1, 0.15) is 0 Å². The van der Waals surface area contributed by atoms with E-state index in [0.29, 0.717) is 24.4 Å². The third kappa shape index (κ3) is 4.30. The standard InChI is InChI=1S/C21H22BrClN4O/c1-15(16-6-3-5-9-19(16)23)27-12-10-26(11-13-27)14-20-24-25-21(28-20)17-7-2-4-8-18(17)22/h2-9,15H,10-14H2,1H3. The molecule has 4 rings (SSSR count). The fraction of sp³-hybridized carbons (Fsp3) is 0.333. The molecule has 1 atom stereocenters. The molecule has 1 aromatic heterocycles. The number of hydrogen-bond acceptors (Lipinski definition) is 5. The van der Waals surface area contributed by atoms with Gasteiger partial charge < -0.3 is 4.42 Å². The highest BCUT2D eigenvalue weighted by molar-refractivity contribution is 9.10. The number of nitrogens with zero attached hydrogens (tertiary/aromatic N) is 4. The van der Waals surface area contributed by atoms with Gasteiger partial charge in [0.25, 0.3) is 0 Å².